The number of carbonyl (C=O) groups is 1. The van der Waals surface area contributed by atoms with Crippen LogP contribution in [0.5, 0.6) is 11.5 Å². The standard InChI is InChI=1S/C16H14N2O6/c1-20-10-5-3-6-11(21-2)14(10)16(19)23-9-13-17-18-15(24-13)12-7-4-8-22-12/h3-8H,9H2,1-2H3. The lowest BCUT2D eigenvalue weighted by molar-refractivity contribution is 0.0431. The van der Waals surface area contributed by atoms with Gasteiger partial charge >= 0.3 is 5.97 Å². The van der Waals surface area contributed by atoms with Crippen molar-refractivity contribution >= 4 is 5.97 Å². The first-order chi connectivity index (χ1) is 11.7. The van der Waals surface area contributed by atoms with Gasteiger partial charge in [0.25, 0.3) is 11.8 Å². The van der Waals surface area contributed by atoms with E-state index in [1.54, 1.807) is 30.3 Å². The predicted molar refractivity (Wildman–Crippen MR) is 80.7 cm³/mol. The minimum Gasteiger partial charge on any atom is -0.496 e. The summed E-state index contributed by atoms with van der Waals surface area (Å²) in [5, 5.41) is 7.63. The third-order valence-corrected chi connectivity index (χ3v) is 3.16. The summed E-state index contributed by atoms with van der Waals surface area (Å²) in [6, 6.07) is 8.37. The number of esters is 1. The summed E-state index contributed by atoms with van der Waals surface area (Å²) in [4.78, 5) is 12.3. The summed E-state index contributed by atoms with van der Waals surface area (Å²) in [6.45, 7) is -0.187. The van der Waals surface area contributed by atoms with E-state index in [1.165, 1.54) is 20.5 Å². The Bertz CT molecular complexity index is 803. The van der Waals surface area contributed by atoms with E-state index >= 15 is 0 Å². The Morgan fingerprint density at radius 1 is 1.08 bits per heavy atom. The summed E-state index contributed by atoms with van der Waals surface area (Å²) in [6.07, 6.45) is 1.49. The Hall–Kier alpha value is -3.29. The molecular formula is C16H14N2O6. The summed E-state index contributed by atoms with van der Waals surface area (Å²) < 4.78 is 26.1. The van der Waals surface area contributed by atoms with Crippen molar-refractivity contribution in [1.29, 1.82) is 0 Å². The lowest BCUT2D eigenvalue weighted by Crippen LogP contribution is -2.09. The highest BCUT2D eigenvalue weighted by atomic mass is 16.5. The van der Waals surface area contributed by atoms with E-state index < -0.39 is 5.97 Å². The number of hydrogen-bond acceptors (Lipinski definition) is 8. The summed E-state index contributed by atoms with van der Waals surface area (Å²) in [7, 11) is 2.92. The van der Waals surface area contributed by atoms with Gasteiger partial charge in [-0.3, -0.25) is 0 Å². The molecule has 0 N–H and O–H groups in total. The average Bonchev–Trinajstić information content (AvgIpc) is 3.29. The smallest absolute Gasteiger partial charge is 0.346 e. The number of rotatable bonds is 6. The summed E-state index contributed by atoms with van der Waals surface area (Å²) >= 11 is 0. The molecule has 0 atom stereocenters. The number of nitrogens with zero attached hydrogens (tertiary/aromatic N) is 2. The van der Waals surface area contributed by atoms with Crippen LogP contribution in [0.25, 0.3) is 11.7 Å². The van der Waals surface area contributed by atoms with E-state index in [9.17, 15) is 4.79 Å². The normalized spacial score (nSPS) is 10.4. The monoisotopic (exact) mass is 330 g/mol. The molecule has 0 bridgehead atoms. The number of aromatic nitrogens is 2. The fourth-order valence-corrected chi connectivity index (χ4v) is 2.06. The van der Waals surface area contributed by atoms with Crippen LogP contribution in [-0.4, -0.2) is 30.4 Å². The van der Waals surface area contributed by atoms with E-state index in [-0.39, 0.29) is 24.0 Å². The lowest BCUT2D eigenvalue weighted by Gasteiger charge is -2.11. The molecule has 24 heavy (non-hydrogen) atoms. The largest absolute Gasteiger partial charge is 0.496 e. The zero-order valence-electron chi connectivity index (χ0n) is 13.0. The Kier molecular flexibility index (Phi) is 4.46. The second-order valence-electron chi connectivity index (χ2n) is 4.59. The molecule has 0 aliphatic carbocycles. The molecule has 8 heteroatoms. The van der Waals surface area contributed by atoms with Crippen LogP contribution in [0.2, 0.25) is 0 Å². The molecule has 0 saturated carbocycles. The Morgan fingerprint density at radius 3 is 2.46 bits per heavy atom. The van der Waals surface area contributed by atoms with Crippen molar-refractivity contribution in [3.8, 4) is 23.1 Å². The molecule has 0 saturated heterocycles. The van der Waals surface area contributed by atoms with Gasteiger partial charge in [-0.05, 0) is 24.3 Å². The number of methoxy groups -OCH3 is 2. The van der Waals surface area contributed by atoms with E-state index in [1.807, 2.05) is 0 Å². The van der Waals surface area contributed by atoms with Gasteiger partial charge in [-0.2, -0.15) is 0 Å². The molecule has 0 spiro atoms. The Morgan fingerprint density at radius 2 is 1.83 bits per heavy atom. The van der Waals surface area contributed by atoms with Gasteiger partial charge in [0.05, 0.1) is 20.5 Å². The molecule has 2 aromatic heterocycles. The molecule has 1 aromatic carbocycles. The maximum atomic E-state index is 12.3. The van der Waals surface area contributed by atoms with Gasteiger partial charge in [0.1, 0.15) is 17.1 Å². The van der Waals surface area contributed by atoms with E-state index in [0.29, 0.717) is 17.3 Å². The number of ether oxygens (including phenoxy) is 3. The molecule has 3 aromatic rings. The van der Waals surface area contributed by atoms with Crippen LogP contribution in [0, 0.1) is 0 Å². The first-order valence-electron chi connectivity index (χ1n) is 6.97. The lowest BCUT2D eigenvalue weighted by atomic mass is 10.2. The van der Waals surface area contributed by atoms with Crippen LogP contribution in [-0.2, 0) is 11.3 Å². The summed E-state index contributed by atoms with van der Waals surface area (Å²) in [5.41, 5.74) is 0.188. The van der Waals surface area contributed by atoms with Crippen molar-refractivity contribution in [2.24, 2.45) is 0 Å². The van der Waals surface area contributed by atoms with E-state index in [0.717, 1.165) is 0 Å². The first kappa shape index (κ1) is 15.6. The molecular weight excluding hydrogens is 316 g/mol. The zero-order valence-corrected chi connectivity index (χ0v) is 13.0. The van der Waals surface area contributed by atoms with Crippen LogP contribution in [0.1, 0.15) is 16.2 Å². The minimum absolute atomic E-state index is 0.142. The predicted octanol–water partition coefficient (Wildman–Crippen LogP) is 2.70. The van der Waals surface area contributed by atoms with Crippen molar-refractivity contribution in [3.05, 3.63) is 48.0 Å². The molecule has 8 nitrogen and oxygen atoms in total. The van der Waals surface area contributed by atoms with Crippen LogP contribution >= 0.6 is 0 Å². The molecule has 0 aliphatic heterocycles. The van der Waals surface area contributed by atoms with Crippen LogP contribution in [0.15, 0.2) is 45.4 Å². The molecule has 2 heterocycles. The van der Waals surface area contributed by atoms with Crippen molar-refractivity contribution in [2.45, 2.75) is 6.61 Å². The van der Waals surface area contributed by atoms with Gasteiger partial charge in [0, 0.05) is 0 Å². The fraction of sp³-hybridized carbons (Fsp3) is 0.188. The van der Waals surface area contributed by atoms with Crippen molar-refractivity contribution in [2.75, 3.05) is 14.2 Å². The second-order valence-corrected chi connectivity index (χ2v) is 4.59. The quantitative estimate of drug-likeness (QED) is 0.636. The van der Waals surface area contributed by atoms with Crippen molar-refractivity contribution < 1.29 is 27.8 Å². The van der Waals surface area contributed by atoms with Gasteiger partial charge < -0.3 is 23.0 Å². The van der Waals surface area contributed by atoms with Gasteiger partial charge in [-0.1, -0.05) is 6.07 Å². The van der Waals surface area contributed by atoms with Crippen LogP contribution in [0.3, 0.4) is 0 Å². The van der Waals surface area contributed by atoms with Crippen LogP contribution in [0.4, 0.5) is 0 Å². The van der Waals surface area contributed by atoms with Gasteiger partial charge in [-0.25, -0.2) is 4.79 Å². The highest BCUT2D eigenvalue weighted by Gasteiger charge is 2.21. The SMILES string of the molecule is COc1cccc(OC)c1C(=O)OCc1nnc(-c2ccco2)o1. The highest BCUT2D eigenvalue weighted by Crippen LogP contribution is 2.29. The van der Waals surface area contributed by atoms with E-state index in [4.69, 9.17) is 23.0 Å². The van der Waals surface area contributed by atoms with E-state index in [2.05, 4.69) is 10.2 Å². The maximum Gasteiger partial charge on any atom is 0.346 e. The Labute approximate surface area is 137 Å². The number of furan rings is 1. The van der Waals surface area contributed by atoms with Gasteiger partial charge in [-0.15, -0.1) is 10.2 Å². The number of hydrogen-bond donors (Lipinski definition) is 0. The summed E-state index contributed by atoms with van der Waals surface area (Å²) in [5.74, 6) is 0.861. The maximum absolute atomic E-state index is 12.3. The Balaban J connectivity index is 1.72. The third kappa shape index (κ3) is 3.07. The number of benzene rings is 1. The minimum atomic E-state index is -0.623. The van der Waals surface area contributed by atoms with Crippen LogP contribution < -0.4 is 9.47 Å². The molecule has 3 rings (SSSR count). The molecule has 124 valence electrons. The molecule has 0 fully saturated rings. The highest BCUT2D eigenvalue weighted by molar-refractivity contribution is 5.95. The first-order valence-corrected chi connectivity index (χ1v) is 6.97. The third-order valence-electron chi connectivity index (χ3n) is 3.16. The van der Waals surface area contributed by atoms with Gasteiger partial charge in [0.2, 0.25) is 0 Å². The molecule has 0 amide bonds. The van der Waals surface area contributed by atoms with Gasteiger partial charge in [0.15, 0.2) is 12.4 Å². The second kappa shape index (κ2) is 6.86. The fourth-order valence-electron chi connectivity index (χ4n) is 2.06. The molecule has 0 radical (unpaired) electrons. The van der Waals surface area contributed by atoms with Crippen molar-refractivity contribution in [3.63, 3.8) is 0 Å². The number of carbonyl (C=O) groups excluding carboxylic acids is 1. The average molecular weight is 330 g/mol. The molecule has 0 unspecified atom stereocenters. The van der Waals surface area contributed by atoms with Crippen molar-refractivity contribution in [1.82, 2.24) is 10.2 Å². The zero-order chi connectivity index (χ0) is 16.9. The topological polar surface area (TPSA) is 96.8 Å². The molecule has 0 aliphatic rings.